The van der Waals surface area contributed by atoms with Crippen LogP contribution in [0.4, 0.5) is 17.1 Å². The minimum absolute atomic E-state index is 0.302. The van der Waals surface area contributed by atoms with E-state index in [9.17, 15) is 4.79 Å². The second-order valence-electron chi connectivity index (χ2n) is 5.41. The van der Waals surface area contributed by atoms with Gasteiger partial charge >= 0.3 is 5.97 Å². The van der Waals surface area contributed by atoms with Gasteiger partial charge in [-0.2, -0.15) is 0 Å². The van der Waals surface area contributed by atoms with Gasteiger partial charge in [0.25, 0.3) is 0 Å². The molecule has 0 saturated heterocycles. The summed E-state index contributed by atoms with van der Waals surface area (Å²) in [6.07, 6.45) is 0. The second-order valence-corrected chi connectivity index (χ2v) is 6.33. The third-order valence-corrected chi connectivity index (χ3v) is 4.26. The number of rotatable bonds is 5. The number of halogens is 1. The number of ether oxygens (including phenoxy) is 1. The molecule has 0 spiro atoms. The molecule has 0 aliphatic heterocycles. The largest absolute Gasteiger partial charge is 0.462 e. The molecule has 0 aromatic heterocycles. The van der Waals surface area contributed by atoms with E-state index in [1.807, 2.05) is 42.5 Å². The predicted molar refractivity (Wildman–Crippen MR) is 105 cm³/mol. The Kier molecular flexibility index (Phi) is 5.51. The maximum atomic E-state index is 11.9. The summed E-state index contributed by atoms with van der Waals surface area (Å²) in [5, 5.41) is 0. The van der Waals surface area contributed by atoms with Crippen LogP contribution in [-0.2, 0) is 4.74 Å². The molecule has 3 aromatic carbocycles. The van der Waals surface area contributed by atoms with Gasteiger partial charge in [0, 0.05) is 21.5 Å². The molecule has 25 heavy (non-hydrogen) atoms. The molecule has 0 bridgehead atoms. The van der Waals surface area contributed by atoms with Gasteiger partial charge in [0.1, 0.15) is 0 Å². The first-order valence-electron chi connectivity index (χ1n) is 8.07. The van der Waals surface area contributed by atoms with Crippen LogP contribution in [0.5, 0.6) is 0 Å². The van der Waals surface area contributed by atoms with E-state index in [4.69, 9.17) is 4.74 Å². The first kappa shape index (κ1) is 17.2. The number of nitrogens with zero attached hydrogens (tertiary/aromatic N) is 1. The molecule has 3 nitrogen and oxygen atoms in total. The highest BCUT2D eigenvalue weighted by Crippen LogP contribution is 2.34. The van der Waals surface area contributed by atoms with Crippen molar-refractivity contribution in [2.24, 2.45) is 0 Å². The molecule has 0 saturated carbocycles. The zero-order valence-corrected chi connectivity index (χ0v) is 15.4. The first-order valence-corrected chi connectivity index (χ1v) is 8.86. The minimum Gasteiger partial charge on any atom is -0.462 e. The quantitative estimate of drug-likeness (QED) is 0.489. The Hall–Kier alpha value is -2.59. The molecule has 0 fully saturated rings. The Bertz CT molecular complexity index is 830. The zero-order chi connectivity index (χ0) is 17.6. The second kappa shape index (κ2) is 7.99. The fourth-order valence-electron chi connectivity index (χ4n) is 2.58. The molecule has 0 atom stereocenters. The molecule has 0 aliphatic rings. The van der Waals surface area contributed by atoms with E-state index in [0.717, 1.165) is 21.5 Å². The van der Waals surface area contributed by atoms with Gasteiger partial charge in [-0.25, -0.2) is 4.79 Å². The Labute approximate surface area is 156 Å². The molecule has 0 radical (unpaired) electrons. The van der Waals surface area contributed by atoms with Crippen LogP contribution in [0.25, 0.3) is 0 Å². The molecule has 126 valence electrons. The Morgan fingerprint density at radius 3 is 1.92 bits per heavy atom. The van der Waals surface area contributed by atoms with Gasteiger partial charge < -0.3 is 9.64 Å². The average molecular weight is 396 g/mol. The number of carbonyl (C=O) groups excluding carboxylic acids is 1. The van der Waals surface area contributed by atoms with Crippen LogP contribution < -0.4 is 4.90 Å². The maximum absolute atomic E-state index is 11.9. The monoisotopic (exact) mass is 395 g/mol. The van der Waals surface area contributed by atoms with Crippen LogP contribution >= 0.6 is 15.9 Å². The van der Waals surface area contributed by atoms with E-state index in [1.54, 1.807) is 19.1 Å². The van der Waals surface area contributed by atoms with Crippen LogP contribution in [0.2, 0.25) is 0 Å². The predicted octanol–water partition coefficient (Wildman–Crippen LogP) is 6.10. The topological polar surface area (TPSA) is 29.5 Å². The van der Waals surface area contributed by atoms with E-state index >= 15 is 0 Å². The summed E-state index contributed by atoms with van der Waals surface area (Å²) in [5.74, 6) is -0.302. The highest BCUT2D eigenvalue weighted by molar-refractivity contribution is 9.10. The highest BCUT2D eigenvalue weighted by atomic mass is 79.9. The number of anilines is 3. The first-order chi connectivity index (χ1) is 12.2. The molecule has 3 aromatic rings. The van der Waals surface area contributed by atoms with Crippen LogP contribution in [0.1, 0.15) is 17.3 Å². The number of esters is 1. The van der Waals surface area contributed by atoms with Crippen molar-refractivity contribution in [3.8, 4) is 0 Å². The van der Waals surface area contributed by atoms with E-state index in [-0.39, 0.29) is 5.97 Å². The van der Waals surface area contributed by atoms with Crippen molar-refractivity contribution in [3.05, 3.63) is 88.9 Å². The number of hydrogen-bond acceptors (Lipinski definition) is 3. The van der Waals surface area contributed by atoms with E-state index < -0.39 is 0 Å². The van der Waals surface area contributed by atoms with Gasteiger partial charge in [0.05, 0.1) is 12.2 Å². The summed E-state index contributed by atoms with van der Waals surface area (Å²) in [6, 6.07) is 25.7. The molecule has 0 aliphatic carbocycles. The van der Waals surface area contributed by atoms with Crippen molar-refractivity contribution in [2.45, 2.75) is 6.92 Å². The van der Waals surface area contributed by atoms with E-state index in [1.165, 1.54) is 0 Å². The van der Waals surface area contributed by atoms with Crippen LogP contribution in [-0.4, -0.2) is 12.6 Å². The lowest BCUT2D eigenvalue weighted by Gasteiger charge is -2.25. The van der Waals surface area contributed by atoms with Crippen LogP contribution in [0, 0.1) is 0 Å². The lowest BCUT2D eigenvalue weighted by Crippen LogP contribution is -2.10. The van der Waals surface area contributed by atoms with Gasteiger partial charge in [0.2, 0.25) is 0 Å². The molecule has 0 N–H and O–H groups in total. The lowest BCUT2D eigenvalue weighted by molar-refractivity contribution is 0.0526. The smallest absolute Gasteiger partial charge is 0.338 e. The van der Waals surface area contributed by atoms with Gasteiger partial charge in [-0.15, -0.1) is 0 Å². The summed E-state index contributed by atoms with van der Waals surface area (Å²) in [7, 11) is 0. The Morgan fingerprint density at radius 1 is 0.840 bits per heavy atom. The summed E-state index contributed by atoms with van der Waals surface area (Å²) in [4.78, 5) is 14.0. The summed E-state index contributed by atoms with van der Waals surface area (Å²) in [5.41, 5.74) is 3.61. The molecule has 4 heteroatoms. The molecule has 0 heterocycles. The van der Waals surface area contributed by atoms with Gasteiger partial charge in [-0.1, -0.05) is 34.1 Å². The average Bonchev–Trinajstić information content (AvgIpc) is 2.65. The standard InChI is InChI=1S/C21H18BrNO2/c1-2-25-21(24)16-8-12-19(13-9-16)23(18-6-4-3-5-7-18)20-14-10-17(22)11-15-20/h3-15H,2H2,1H3. The third-order valence-electron chi connectivity index (χ3n) is 3.74. The lowest BCUT2D eigenvalue weighted by atomic mass is 10.1. The fraction of sp³-hybridized carbons (Fsp3) is 0.0952. The molecular weight excluding hydrogens is 378 g/mol. The summed E-state index contributed by atoms with van der Waals surface area (Å²) < 4.78 is 6.08. The number of para-hydroxylation sites is 1. The van der Waals surface area contributed by atoms with Crippen molar-refractivity contribution in [1.29, 1.82) is 0 Å². The van der Waals surface area contributed by atoms with Crippen molar-refractivity contribution in [1.82, 2.24) is 0 Å². The number of benzene rings is 3. The molecular formula is C21H18BrNO2. The van der Waals surface area contributed by atoms with Gasteiger partial charge in [-0.3, -0.25) is 0 Å². The molecule has 0 unspecified atom stereocenters. The SMILES string of the molecule is CCOC(=O)c1ccc(N(c2ccccc2)c2ccc(Br)cc2)cc1. The Morgan fingerprint density at radius 2 is 1.36 bits per heavy atom. The highest BCUT2D eigenvalue weighted by Gasteiger charge is 2.13. The third kappa shape index (κ3) is 4.09. The van der Waals surface area contributed by atoms with Crippen LogP contribution in [0.15, 0.2) is 83.3 Å². The fourth-order valence-corrected chi connectivity index (χ4v) is 2.84. The van der Waals surface area contributed by atoms with Crippen molar-refractivity contribution >= 4 is 39.0 Å². The van der Waals surface area contributed by atoms with Crippen LogP contribution in [0.3, 0.4) is 0 Å². The normalized spacial score (nSPS) is 10.3. The number of carbonyl (C=O) groups is 1. The summed E-state index contributed by atoms with van der Waals surface area (Å²) >= 11 is 3.48. The number of hydrogen-bond donors (Lipinski definition) is 0. The summed E-state index contributed by atoms with van der Waals surface area (Å²) in [6.45, 7) is 2.17. The van der Waals surface area contributed by atoms with E-state index in [2.05, 4.69) is 45.1 Å². The minimum atomic E-state index is -0.302. The molecule has 0 amide bonds. The Balaban J connectivity index is 2.00. The van der Waals surface area contributed by atoms with Crippen molar-refractivity contribution in [2.75, 3.05) is 11.5 Å². The van der Waals surface area contributed by atoms with Gasteiger partial charge in [-0.05, 0) is 67.6 Å². The molecule has 3 rings (SSSR count). The zero-order valence-electron chi connectivity index (χ0n) is 13.9. The van der Waals surface area contributed by atoms with Crippen molar-refractivity contribution < 1.29 is 9.53 Å². The van der Waals surface area contributed by atoms with Gasteiger partial charge in [0.15, 0.2) is 0 Å². The van der Waals surface area contributed by atoms with Crippen molar-refractivity contribution in [3.63, 3.8) is 0 Å². The maximum Gasteiger partial charge on any atom is 0.338 e. The van der Waals surface area contributed by atoms with E-state index in [0.29, 0.717) is 12.2 Å².